The van der Waals surface area contributed by atoms with Crippen molar-refractivity contribution in [3.05, 3.63) is 59.9 Å². The van der Waals surface area contributed by atoms with E-state index in [-0.39, 0.29) is 16.9 Å². The predicted octanol–water partition coefficient (Wildman–Crippen LogP) is 2.28. The summed E-state index contributed by atoms with van der Waals surface area (Å²) < 4.78 is 0. The van der Waals surface area contributed by atoms with Crippen molar-refractivity contribution in [3.8, 4) is 0 Å². The Bertz CT molecular complexity index is 792. The zero-order valence-electron chi connectivity index (χ0n) is 16.1. The average Bonchev–Trinajstić information content (AvgIpc) is 2.72. The molecule has 148 valence electrons. The van der Waals surface area contributed by atoms with Crippen molar-refractivity contribution in [1.29, 1.82) is 0 Å². The first-order valence-electron chi connectivity index (χ1n) is 9.16. The van der Waals surface area contributed by atoms with Crippen LogP contribution in [0.4, 0.5) is 5.69 Å². The molecule has 1 heterocycles. The average molecular weight is 400 g/mol. The van der Waals surface area contributed by atoms with Gasteiger partial charge in [0.15, 0.2) is 5.11 Å². The van der Waals surface area contributed by atoms with E-state index in [0.29, 0.717) is 23.4 Å². The van der Waals surface area contributed by atoms with Crippen LogP contribution in [0.3, 0.4) is 0 Å². The van der Waals surface area contributed by atoms with Gasteiger partial charge in [-0.3, -0.25) is 19.9 Å². The first-order chi connectivity index (χ1) is 13.5. The van der Waals surface area contributed by atoms with Gasteiger partial charge in [-0.2, -0.15) is 0 Å². The summed E-state index contributed by atoms with van der Waals surface area (Å²) in [5.74, 6) is -0.457. The summed E-state index contributed by atoms with van der Waals surface area (Å²) in [7, 11) is 0. The second kappa shape index (κ2) is 11.1. The molecule has 7 nitrogen and oxygen atoms in total. The van der Waals surface area contributed by atoms with Gasteiger partial charge >= 0.3 is 0 Å². The number of nitrogens with one attached hydrogen (secondary N) is 3. The first-order valence-corrected chi connectivity index (χ1v) is 9.57. The molecule has 0 aliphatic carbocycles. The third-order valence-electron chi connectivity index (χ3n) is 4.16. The number of pyridine rings is 1. The molecular formula is C20H25N5O2S. The number of nitrogens with zero attached hydrogens (tertiary/aromatic N) is 2. The highest BCUT2D eigenvalue weighted by Crippen LogP contribution is 2.09. The molecule has 0 fully saturated rings. The van der Waals surface area contributed by atoms with E-state index in [1.54, 1.807) is 42.6 Å². The second-order valence-corrected chi connectivity index (χ2v) is 6.42. The Kier molecular flexibility index (Phi) is 8.51. The highest BCUT2D eigenvalue weighted by atomic mass is 32.1. The molecular weight excluding hydrogens is 374 g/mol. The van der Waals surface area contributed by atoms with Crippen LogP contribution in [-0.4, -0.2) is 53.0 Å². The number of hydrogen-bond donors (Lipinski definition) is 3. The number of thiocarbonyl (C=S) groups is 1. The smallest absolute Gasteiger partial charge is 0.258 e. The van der Waals surface area contributed by atoms with Gasteiger partial charge in [-0.25, -0.2) is 0 Å². The molecule has 0 unspecified atom stereocenters. The van der Waals surface area contributed by atoms with Crippen LogP contribution in [0.25, 0.3) is 0 Å². The standard InChI is InChI=1S/C20H25N5O2S/c1-3-25(4-2)13-12-22-18(26)15-7-9-17(10-8-15)23-20(28)24-19(27)16-6-5-11-21-14-16/h5-11,14H,3-4,12-13H2,1-2H3,(H,22,26)(H2,23,24,27,28). The molecule has 0 aliphatic heterocycles. The molecule has 0 saturated carbocycles. The summed E-state index contributed by atoms with van der Waals surface area (Å²) in [4.78, 5) is 30.4. The maximum absolute atomic E-state index is 12.2. The number of amides is 2. The molecule has 2 rings (SSSR count). The number of anilines is 1. The van der Waals surface area contributed by atoms with Gasteiger partial charge in [0.25, 0.3) is 11.8 Å². The van der Waals surface area contributed by atoms with Crippen LogP contribution < -0.4 is 16.0 Å². The third-order valence-corrected chi connectivity index (χ3v) is 4.37. The Morgan fingerprint density at radius 2 is 1.75 bits per heavy atom. The van der Waals surface area contributed by atoms with Crippen molar-refractivity contribution >= 4 is 34.8 Å². The van der Waals surface area contributed by atoms with Crippen LogP contribution in [0.2, 0.25) is 0 Å². The highest BCUT2D eigenvalue weighted by Gasteiger charge is 2.09. The molecule has 0 bridgehead atoms. The molecule has 3 N–H and O–H groups in total. The Balaban J connectivity index is 1.82. The fourth-order valence-corrected chi connectivity index (χ4v) is 2.72. The Hall–Kier alpha value is -2.84. The van der Waals surface area contributed by atoms with E-state index in [1.807, 2.05) is 0 Å². The van der Waals surface area contributed by atoms with Gasteiger partial charge < -0.3 is 15.5 Å². The monoisotopic (exact) mass is 399 g/mol. The summed E-state index contributed by atoms with van der Waals surface area (Å²) in [6.45, 7) is 7.55. The van der Waals surface area contributed by atoms with Crippen molar-refractivity contribution < 1.29 is 9.59 Å². The summed E-state index contributed by atoms with van der Waals surface area (Å²) in [5, 5.41) is 8.60. The lowest BCUT2D eigenvalue weighted by molar-refractivity contribution is 0.0947. The van der Waals surface area contributed by atoms with E-state index in [4.69, 9.17) is 12.2 Å². The Labute approximate surface area is 170 Å². The minimum absolute atomic E-state index is 0.119. The maximum atomic E-state index is 12.2. The molecule has 28 heavy (non-hydrogen) atoms. The first kappa shape index (κ1) is 21.5. The van der Waals surface area contributed by atoms with Crippen LogP contribution in [0, 0.1) is 0 Å². The van der Waals surface area contributed by atoms with Crippen LogP contribution in [0.15, 0.2) is 48.8 Å². The van der Waals surface area contributed by atoms with Crippen molar-refractivity contribution in [2.75, 3.05) is 31.5 Å². The number of aromatic nitrogens is 1. The number of hydrogen-bond acceptors (Lipinski definition) is 5. The van der Waals surface area contributed by atoms with E-state index < -0.39 is 0 Å². The van der Waals surface area contributed by atoms with Gasteiger partial charge in [0.2, 0.25) is 0 Å². The summed E-state index contributed by atoms with van der Waals surface area (Å²) in [6, 6.07) is 10.2. The summed E-state index contributed by atoms with van der Waals surface area (Å²) in [5.41, 5.74) is 1.66. The van der Waals surface area contributed by atoms with E-state index in [1.165, 1.54) is 6.20 Å². The zero-order chi connectivity index (χ0) is 20.4. The predicted molar refractivity (Wildman–Crippen MR) is 114 cm³/mol. The molecule has 1 aromatic heterocycles. The molecule has 2 aromatic rings. The van der Waals surface area contributed by atoms with Crippen LogP contribution in [0.5, 0.6) is 0 Å². The van der Waals surface area contributed by atoms with Gasteiger partial charge in [-0.1, -0.05) is 13.8 Å². The largest absolute Gasteiger partial charge is 0.351 e. The van der Waals surface area contributed by atoms with Crippen molar-refractivity contribution in [2.24, 2.45) is 0 Å². The van der Waals surface area contributed by atoms with Crippen molar-refractivity contribution in [3.63, 3.8) is 0 Å². The van der Waals surface area contributed by atoms with Gasteiger partial charge in [-0.05, 0) is 61.7 Å². The lowest BCUT2D eigenvalue weighted by Crippen LogP contribution is -2.35. The van der Waals surface area contributed by atoms with E-state index >= 15 is 0 Å². The molecule has 0 atom stereocenters. The lowest BCUT2D eigenvalue weighted by atomic mass is 10.2. The minimum atomic E-state index is -0.338. The van der Waals surface area contributed by atoms with E-state index in [0.717, 1.165) is 19.6 Å². The number of likely N-dealkylation sites (N-methyl/N-ethyl adjacent to an activating group) is 1. The van der Waals surface area contributed by atoms with Crippen LogP contribution >= 0.6 is 12.2 Å². The second-order valence-electron chi connectivity index (χ2n) is 6.01. The fraction of sp³-hybridized carbons (Fsp3) is 0.300. The normalized spacial score (nSPS) is 10.4. The minimum Gasteiger partial charge on any atom is -0.351 e. The number of rotatable bonds is 8. The molecule has 8 heteroatoms. The van der Waals surface area contributed by atoms with Gasteiger partial charge in [0, 0.05) is 36.7 Å². The fourth-order valence-electron chi connectivity index (χ4n) is 2.51. The molecule has 2 amide bonds. The van der Waals surface area contributed by atoms with Crippen LogP contribution in [0.1, 0.15) is 34.6 Å². The van der Waals surface area contributed by atoms with Crippen molar-refractivity contribution in [2.45, 2.75) is 13.8 Å². The molecule has 0 spiro atoms. The van der Waals surface area contributed by atoms with Crippen molar-refractivity contribution in [1.82, 2.24) is 20.5 Å². The molecule has 1 aromatic carbocycles. The topological polar surface area (TPSA) is 86.4 Å². The zero-order valence-corrected chi connectivity index (χ0v) is 16.9. The number of carbonyl (C=O) groups excluding carboxylic acids is 2. The van der Waals surface area contributed by atoms with Crippen LogP contribution in [-0.2, 0) is 0 Å². The molecule has 0 aliphatic rings. The quantitative estimate of drug-likeness (QED) is 0.591. The SMILES string of the molecule is CCN(CC)CCNC(=O)c1ccc(NC(=S)NC(=O)c2cccnc2)cc1. The third kappa shape index (κ3) is 6.71. The Morgan fingerprint density at radius 1 is 1.04 bits per heavy atom. The lowest BCUT2D eigenvalue weighted by Gasteiger charge is -2.18. The van der Waals surface area contributed by atoms with Gasteiger partial charge in [0.05, 0.1) is 5.56 Å². The molecule has 0 radical (unpaired) electrons. The number of carbonyl (C=O) groups is 2. The van der Waals surface area contributed by atoms with Gasteiger partial charge in [0.1, 0.15) is 0 Å². The summed E-state index contributed by atoms with van der Waals surface area (Å²) >= 11 is 5.15. The highest BCUT2D eigenvalue weighted by molar-refractivity contribution is 7.80. The summed E-state index contributed by atoms with van der Waals surface area (Å²) in [6.07, 6.45) is 3.06. The number of benzene rings is 1. The Morgan fingerprint density at radius 3 is 2.36 bits per heavy atom. The van der Waals surface area contributed by atoms with E-state index in [2.05, 4.69) is 39.7 Å². The molecule has 0 saturated heterocycles. The van der Waals surface area contributed by atoms with E-state index in [9.17, 15) is 9.59 Å². The van der Waals surface area contributed by atoms with Gasteiger partial charge in [-0.15, -0.1) is 0 Å². The maximum Gasteiger partial charge on any atom is 0.258 e.